The second-order valence-electron chi connectivity index (χ2n) is 6.45. The fraction of sp³-hybridized carbons (Fsp3) is 0.412. The van der Waals surface area contributed by atoms with Crippen molar-refractivity contribution in [2.45, 2.75) is 32.0 Å². The lowest BCUT2D eigenvalue weighted by molar-refractivity contribution is 0.0783. The molecular weight excluding hydrogens is 345 g/mol. The summed E-state index contributed by atoms with van der Waals surface area (Å²) in [6.07, 6.45) is 1.35. The fourth-order valence-corrected chi connectivity index (χ4v) is 3.57. The zero-order valence-corrected chi connectivity index (χ0v) is 14.8. The highest BCUT2D eigenvalue weighted by Crippen LogP contribution is 2.35. The Morgan fingerprint density at radius 3 is 2.88 bits per heavy atom. The van der Waals surface area contributed by atoms with Crippen LogP contribution in [0.1, 0.15) is 25.3 Å². The molecule has 0 saturated carbocycles. The largest absolute Gasteiger partial charge is 0.444 e. The molecule has 8 heteroatoms. The zero-order chi connectivity index (χ0) is 18.2. The van der Waals surface area contributed by atoms with Crippen molar-refractivity contribution < 1.29 is 19.0 Å². The summed E-state index contributed by atoms with van der Waals surface area (Å²) in [7, 11) is 0. The first-order valence-corrected chi connectivity index (χ1v) is 8.78. The number of ether oxygens (including phenoxy) is 1. The highest BCUT2D eigenvalue weighted by atomic mass is 32.1. The number of nitrogens with zero attached hydrogens (tertiary/aromatic N) is 2. The van der Waals surface area contributed by atoms with Gasteiger partial charge < -0.3 is 15.6 Å². The van der Waals surface area contributed by atoms with Gasteiger partial charge in [-0.05, 0) is 45.0 Å². The minimum absolute atomic E-state index is 0.268. The summed E-state index contributed by atoms with van der Waals surface area (Å²) >= 11 is 1.23. The van der Waals surface area contributed by atoms with Gasteiger partial charge in [0, 0.05) is 11.8 Å². The summed E-state index contributed by atoms with van der Waals surface area (Å²) in [5.41, 5.74) is 5.23. The van der Waals surface area contributed by atoms with Crippen molar-refractivity contribution in [2.24, 2.45) is 5.73 Å². The van der Waals surface area contributed by atoms with Crippen molar-refractivity contribution in [3.63, 3.8) is 0 Å². The first kappa shape index (κ1) is 17.8. The number of anilines is 1. The van der Waals surface area contributed by atoms with Crippen molar-refractivity contribution in [3.8, 4) is 10.4 Å². The van der Waals surface area contributed by atoms with Crippen LogP contribution in [0, 0.1) is 5.82 Å². The predicted octanol–water partition coefficient (Wildman–Crippen LogP) is 2.85. The molecular formula is C17H20FN3O3S. The standard InChI is InChI=1S/C17H20FN3O3S/c1-17(2,23)15-20-8-14(25-15)12-4-3-10(7-13(12)18)21-9-11(5-6-19)24-16(21)22/h3-4,7-8,11,23H,5-6,9,19H2,1-2H3/t11-/m0/s1. The SMILES string of the molecule is CC(C)(O)c1ncc(-c2ccc(N3C[C@H](CCN)OC3=O)cc2F)s1. The van der Waals surface area contributed by atoms with Gasteiger partial charge in [0.1, 0.15) is 22.5 Å². The molecule has 1 saturated heterocycles. The molecule has 3 rings (SSSR count). The number of amides is 1. The molecule has 1 atom stereocenters. The topological polar surface area (TPSA) is 88.7 Å². The van der Waals surface area contributed by atoms with E-state index in [1.807, 2.05) is 0 Å². The van der Waals surface area contributed by atoms with E-state index >= 15 is 0 Å². The molecule has 3 N–H and O–H groups in total. The van der Waals surface area contributed by atoms with Gasteiger partial charge in [-0.2, -0.15) is 0 Å². The second kappa shape index (κ2) is 6.70. The van der Waals surface area contributed by atoms with Crippen LogP contribution < -0.4 is 10.6 Å². The van der Waals surface area contributed by atoms with Gasteiger partial charge in [0.25, 0.3) is 0 Å². The average molecular weight is 365 g/mol. The highest BCUT2D eigenvalue weighted by Gasteiger charge is 2.32. The molecule has 134 valence electrons. The van der Waals surface area contributed by atoms with Gasteiger partial charge in [0.2, 0.25) is 0 Å². The van der Waals surface area contributed by atoms with Crippen molar-refractivity contribution >= 4 is 23.1 Å². The number of aromatic nitrogens is 1. The molecule has 0 radical (unpaired) electrons. The third-order valence-electron chi connectivity index (χ3n) is 3.92. The molecule has 2 heterocycles. The average Bonchev–Trinajstić information content (AvgIpc) is 3.14. The summed E-state index contributed by atoms with van der Waals surface area (Å²) < 4.78 is 19.8. The summed E-state index contributed by atoms with van der Waals surface area (Å²) in [5.74, 6) is -0.460. The molecule has 1 aliphatic heterocycles. The number of thiazole rings is 1. The third-order valence-corrected chi connectivity index (χ3v) is 5.27. The second-order valence-corrected chi connectivity index (χ2v) is 7.48. The number of hydrogen-bond donors (Lipinski definition) is 2. The van der Waals surface area contributed by atoms with E-state index in [0.717, 1.165) is 0 Å². The lowest BCUT2D eigenvalue weighted by Gasteiger charge is -2.14. The van der Waals surface area contributed by atoms with Crippen LogP contribution in [0.5, 0.6) is 0 Å². The van der Waals surface area contributed by atoms with Crippen LogP contribution in [0.3, 0.4) is 0 Å². The lowest BCUT2D eigenvalue weighted by Crippen LogP contribution is -2.25. The summed E-state index contributed by atoms with van der Waals surface area (Å²) in [4.78, 5) is 18.1. The molecule has 1 fully saturated rings. The summed E-state index contributed by atoms with van der Waals surface area (Å²) in [6, 6.07) is 4.59. The van der Waals surface area contributed by atoms with Gasteiger partial charge in [-0.15, -0.1) is 11.3 Å². The van der Waals surface area contributed by atoms with E-state index in [9.17, 15) is 14.3 Å². The molecule has 1 aromatic carbocycles. The molecule has 1 amide bonds. The predicted molar refractivity (Wildman–Crippen MR) is 94.0 cm³/mol. The van der Waals surface area contributed by atoms with Crippen LogP contribution in [0.2, 0.25) is 0 Å². The Labute approximate surface area is 149 Å². The Kier molecular flexibility index (Phi) is 4.77. The Bertz CT molecular complexity index is 788. The quantitative estimate of drug-likeness (QED) is 0.850. The number of nitrogens with two attached hydrogens (primary N) is 1. The number of carbonyl (C=O) groups excluding carboxylic acids is 1. The number of benzene rings is 1. The van der Waals surface area contributed by atoms with Crippen LogP contribution in [0.15, 0.2) is 24.4 Å². The van der Waals surface area contributed by atoms with E-state index in [2.05, 4.69) is 4.98 Å². The maximum Gasteiger partial charge on any atom is 0.414 e. The van der Waals surface area contributed by atoms with E-state index in [-0.39, 0.29) is 6.10 Å². The molecule has 0 aliphatic carbocycles. The molecule has 0 bridgehead atoms. The minimum atomic E-state index is -1.07. The van der Waals surface area contributed by atoms with Crippen LogP contribution in [0.4, 0.5) is 14.9 Å². The number of cyclic esters (lactones) is 1. The number of carbonyl (C=O) groups is 1. The van der Waals surface area contributed by atoms with Gasteiger partial charge in [-0.1, -0.05) is 0 Å². The van der Waals surface area contributed by atoms with Gasteiger partial charge in [-0.25, -0.2) is 14.2 Å². The lowest BCUT2D eigenvalue weighted by atomic mass is 10.1. The van der Waals surface area contributed by atoms with Gasteiger partial charge >= 0.3 is 6.09 Å². The number of rotatable bonds is 5. The smallest absolute Gasteiger partial charge is 0.414 e. The summed E-state index contributed by atoms with van der Waals surface area (Å²) in [5, 5.41) is 10.5. The molecule has 0 spiro atoms. The number of hydrogen-bond acceptors (Lipinski definition) is 6. The van der Waals surface area contributed by atoms with E-state index in [0.29, 0.717) is 40.6 Å². The number of halogens is 1. The van der Waals surface area contributed by atoms with E-state index in [1.165, 1.54) is 28.5 Å². The maximum atomic E-state index is 14.6. The zero-order valence-electron chi connectivity index (χ0n) is 14.0. The molecule has 1 aromatic heterocycles. The first-order chi connectivity index (χ1) is 11.8. The van der Waals surface area contributed by atoms with E-state index in [4.69, 9.17) is 10.5 Å². The monoisotopic (exact) mass is 365 g/mol. The van der Waals surface area contributed by atoms with Crippen molar-refractivity contribution in [3.05, 3.63) is 35.2 Å². The summed E-state index contributed by atoms with van der Waals surface area (Å²) in [6.45, 7) is 4.05. The Morgan fingerprint density at radius 1 is 1.52 bits per heavy atom. The maximum absolute atomic E-state index is 14.6. The molecule has 1 aliphatic rings. The third kappa shape index (κ3) is 3.65. The Morgan fingerprint density at radius 2 is 2.28 bits per heavy atom. The molecule has 25 heavy (non-hydrogen) atoms. The van der Waals surface area contributed by atoms with E-state index < -0.39 is 17.5 Å². The van der Waals surface area contributed by atoms with Crippen LogP contribution in [-0.4, -0.2) is 35.4 Å². The fourth-order valence-electron chi connectivity index (χ4n) is 2.62. The van der Waals surface area contributed by atoms with Crippen molar-refractivity contribution in [1.29, 1.82) is 0 Å². The Balaban J connectivity index is 1.84. The van der Waals surface area contributed by atoms with Crippen LogP contribution >= 0.6 is 11.3 Å². The van der Waals surface area contributed by atoms with Crippen LogP contribution in [-0.2, 0) is 10.3 Å². The van der Waals surface area contributed by atoms with Crippen molar-refractivity contribution in [1.82, 2.24) is 4.98 Å². The van der Waals surface area contributed by atoms with Crippen LogP contribution in [0.25, 0.3) is 10.4 Å². The van der Waals surface area contributed by atoms with Gasteiger partial charge in [0.15, 0.2) is 0 Å². The van der Waals surface area contributed by atoms with Gasteiger partial charge in [0.05, 0.1) is 17.1 Å². The highest BCUT2D eigenvalue weighted by molar-refractivity contribution is 7.15. The normalized spacial score (nSPS) is 17.9. The van der Waals surface area contributed by atoms with Gasteiger partial charge in [-0.3, -0.25) is 4.90 Å². The molecule has 2 aromatic rings. The first-order valence-electron chi connectivity index (χ1n) is 7.96. The molecule has 6 nitrogen and oxygen atoms in total. The Hall–Kier alpha value is -2.03. The molecule has 0 unspecified atom stereocenters. The minimum Gasteiger partial charge on any atom is -0.444 e. The van der Waals surface area contributed by atoms with E-state index in [1.54, 1.807) is 26.0 Å². The van der Waals surface area contributed by atoms with Crippen molar-refractivity contribution in [2.75, 3.05) is 18.0 Å². The number of aliphatic hydroxyl groups is 1.